The van der Waals surface area contributed by atoms with Crippen LogP contribution in [0.25, 0.3) is 0 Å². The Balaban J connectivity index is 2.08. The number of halogens is 1. The van der Waals surface area contributed by atoms with E-state index in [0.717, 1.165) is 34.1 Å². The third kappa shape index (κ3) is 3.42. The Labute approximate surface area is 119 Å². The monoisotopic (exact) mass is 275 g/mol. The standard InChI is InChI=1S/C16H18ClNO/c1-11-4-6-15(14(17)8-11)18-10-13-5-7-16(19-3)12(2)9-13/h4-9,18H,10H2,1-3H3. The van der Waals surface area contributed by atoms with Gasteiger partial charge in [0.05, 0.1) is 17.8 Å². The summed E-state index contributed by atoms with van der Waals surface area (Å²) in [6.07, 6.45) is 0. The zero-order valence-corrected chi connectivity index (χ0v) is 12.2. The zero-order valence-electron chi connectivity index (χ0n) is 11.5. The molecule has 0 aliphatic carbocycles. The fourth-order valence-electron chi connectivity index (χ4n) is 2.01. The second-order valence-electron chi connectivity index (χ2n) is 4.64. The number of benzene rings is 2. The topological polar surface area (TPSA) is 21.3 Å². The number of hydrogen-bond donors (Lipinski definition) is 1. The Morgan fingerprint density at radius 3 is 2.53 bits per heavy atom. The normalized spacial score (nSPS) is 10.3. The molecular formula is C16H18ClNO. The van der Waals surface area contributed by atoms with E-state index in [9.17, 15) is 0 Å². The van der Waals surface area contributed by atoms with Crippen LogP contribution < -0.4 is 10.1 Å². The predicted octanol–water partition coefficient (Wildman–Crippen LogP) is 4.58. The third-order valence-corrected chi connectivity index (χ3v) is 3.38. The fraction of sp³-hybridized carbons (Fsp3) is 0.250. The van der Waals surface area contributed by atoms with Crippen LogP contribution in [0.15, 0.2) is 36.4 Å². The second-order valence-corrected chi connectivity index (χ2v) is 5.05. The molecule has 0 heterocycles. The van der Waals surface area contributed by atoms with Crippen LogP contribution in [0, 0.1) is 13.8 Å². The van der Waals surface area contributed by atoms with E-state index in [2.05, 4.69) is 17.4 Å². The summed E-state index contributed by atoms with van der Waals surface area (Å²) in [6.45, 7) is 4.82. The van der Waals surface area contributed by atoms with E-state index in [-0.39, 0.29) is 0 Å². The molecule has 0 fully saturated rings. The lowest BCUT2D eigenvalue weighted by Gasteiger charge is -2.11. The van der Waals surface area contributed by atoms with Crippen molar-refractivity contribution in [2.75, 3.05) is 12.4 Å². The van der Waals surface area contributed by atoms with Crippen LogP contribution >= 0.6 is 11.6 Å². The highest BCUT2D eigenvalue weighted by Gasteiger charge is 2.02. The number of hydrogen-bond acceptors (Lipinski definition) is 2. The van der Waals surface area contributed by atoms with E-state index in [1.807, 2.05) is 38.1 Å². The molecule has 0 saturated carbocycles. The minimum atomic E-state index is 0.744. The van der Waals surface area contributed by atoms with Gasteiger partial charge < -0.3 is 10.1 Å². The Morgan fingerprint density at radius 1 is 1.11 bits per heavy atom. The molecule has 2 rings (SSSR count). The van der Waals surface area contributed by atoms with Gasteiger partial charge in [-0.05, 0) is 48.7 Å². The minimum Gasteiger partial charge on any atom is -0.496 e. The van der Waals surface area contributed by atoms with Crippen molar-refractivity contribution in [1.29, 1.82) is 0 Å². The summed E-state index contributed by atoms with van der Waals surface area (Å²) < 4.78 is 5.25. The summed E-state index contributed by atoms with van der Waals surface area (Å²) in [7, 11) is 1.69. The summed E-state index contributed by atoms with van der Waals surface area (Å²) >= 11 is 6.19. The van der Waals surface area contributed by atoms with Crippen molar-refractivity contribution in [2.24, 2.45) is 0 Å². The molecule has 0 amide bonds. The number of methoxy groups -OCH3 is 1. The highest BCUT2D eigenvalue weighted by molar-refractivity contribution is 6.33. The maximum atomic E-state index is 6.19. The predicted molar refractivity (Wildman–Crippen MR) is 81.2 cm³/mol. The van der Waals surface area contributed by atoms with E-state index < -0.39 is 0 Å². The number of ether oxygens (including phenoxy) is 1. The molecule has 0 bridgehead atoms. The van der Waals surface area contributed by atoms with E-state index in [1.165, 1.54) is 5.56 Å². The molecule has 100 valence electrons. The first-order valence-corrected chi connectivity index (χ1v) is 6.61. The van der Waals surface area contributed by atoms with E-state index in [0.29, 0.717) is 0 Å². The van der Waals surface area contributed by atoms with Gasteiger partial charge in [0.2, 0.25) is 0 Å². The van der Waals surface area contributed by atoms with Gasteiger partial charge in [-0.25, -0.2) is 0 Å². The Morgan fingerprint density at radius 2 is 1.89 bits per heavy atom. The lowest BCUT2D eigenvalue weighted by Crippen LogP contribution is -2.01. The highest BCUT2D eigenvalue weighted by atomic mass is 35.5. The lowest BCUT2D eigenvalue weighted by atomic mass is 10.1. The number of rotatable bonds is 4. The fourth-order valence-corrected chi connectivity index (χ4v) is 2.31. The van der Waals surface area contributed by atoms with Crippen LogP contribution in [-0.2, 0) is 6.54 Å². The maximum Gasteiger partial charge on any atom is 0.121 e. The van der Waals surface area contributed by atoms with Crippen LogP contribution in [0.1, 0.15) is 16.7 Å². The smallest absolute Gasteiger partial charge is 0.121 e. The van der Waals surface area contributed by atoms with Crippen molar-refractivity contribution in [3.8, 4) is 5.75 Å². The largest absolute Gasteiger partial charge is 0.496 e. The van der Waals surface area contributed by atoms with Gasteiger partial charge >= 0.3 is 0 Å². The molecule has 0 aliphatic heterocycles. The van der Waals surface area contributed by atoms with Crippen molar-refractivity contribution >= 4 is 17.3 Å². The summed E-state index contributed by atoms with van der Waals surface area (Å²) in [4.78, 5) is 0. The first-order valence-electron chi connectivity index (χ1n) is 6.23. The van der Waals surface area contributed by atoms with Crippen molar-refractivity contribution in [3.05, 3.63) is 58.1 Å². The van der Waals surface area contributed by atoms with E-state index in [4.69, 9.17) is 16.3 Å². The molecule has 0 spiro atoms. The van der Waals surface area contributed by atoms with Gasteiger partial charge in [-0.2, -0.15) is 0 Å². The summed E-state index contributed by atoms with van der Waals surface area (Å²) in [5.74, 6) is 0.914. The second kappa shape index (κ2) is 5.98. The molecule has 0 aliphatic rings. The average Bonchev–Trinajstić information content (AvgIpc) is 2.38. The molecule has 2 aromatic rings. The van der Waals surface area contributed by atoms with Crippen molar-refractivity contribution in [2.45, 2.75) is 20.4 Å². The SMILES string of the molecule is COc1ccc(CNc2ccc(C)cc2Cl)cc1C. The molecule has 0 unspecified atom stereocenters. The summed E-state index contributed by atoms with van der Waals surface area (Å²) in [6, 6.07) is 12.2. The summed E-state index contributed by atoms with van der Waals surface area (Å²) in [5, 5.41) is 4.10. The van der Waals surface area contributed by atoms with Gasteiger partial charge in [0.1, 0.15) is 5.75 Å². The maximum absolute atomic E-state index is 6.19. The molecule has 3 heteroatoms. The van der Waals surface area contributed by atoms with Gasteiger partial charge in [-0.15, -0.1) is 0 Å². The first kappa shape index (κ1) is 13.8. The van der Waals surface area contributed by atoms with Gasteiger partial charge in [-0.3, -0.25) is 0 Å². The van der Waals surface area contributed by atoms with Crippen molar-refractivity contribution in [3.63, 3.8) is 0 Å². The molecule has 1 N–H and O–H groups in total. The van der Waals surface area contributed by atoms with Crippen LogP contribution in [0.3, 0.4) is 0 Å². The molecule has 19 heavy (non-hydrogen) atoms. The molecule has 0 radical (unpaired) electrons. The molecular weight excluding hydrogens is 258 g/mol. The lowest BCUT2D eigenvalue weighted by molar-refractivity contribution is 0.411. The first-order chi connectivity index (χ1) is 9.10. The van der Waals surface area contributed by atoms with E-state index >= 15 is 0 Å². The van der Waals surface area contributed by atoms with Crippen LogP contribution in [0.4, 0.5) is 5.69 Å². The summed E-state index contributed by atoms with van der Waals surface area (Å²) in [5.41, 5.74) is 4.46. The van der Waals surface area contributed by atoms with Gasteiger partial charge in [0.25, 0.3) is 0 Å². The highest BCUT2D eigenvalue weighted by Crippen LogP contribution is 2.24. The Bertz CT molecular complexity index is 581. The van der Waals surface area contributed by atoms with Crippen LogP contribution in [0.2, 0.25) is 5.02 Å². The molecule has 2 aromatic carbocycles. The molecule has 2 nitrogen and oxygen atoms in total. The molecule has 0 aromatic heterocycles. The Hall–Kier alpha value is -1.67. The van der Waals surface area contributed by atoms with Crippen LogP contribution in [0.5, 0.6) is 5.75 Å². The number of nitrogens with one attached hydrogen (secondary N) is 1. The van der Waals surface area contributed by atoms with Gasteiger partial charge in [0.15, 0.2) is 0 Å². The van der Waals surface area contributed by atoms with E-state index in [1.54, 1.807) is 7.11 Å². The Kier molecular flexibility index (Phi) is 4.33. The zero-order chi connectivity index (χ0) is 13.8. The number of anilines is 1. The minimum absolute atomic E-state index is 0.744. The van der Waals surface area contributed by atoms with Crippen LogP contribution in [-0.4, -0.2) is 7.11 Å². The van der Waals surface area contributed by atoms with Crippen molar-refractivity contribution < 1.29 is 4.74 Å². The van der Waals surface area contributed by atoms with Crippen molar-refractivity contribution in [1.82, 2.24) is 0 Å². The molecule has 0 atom stereocenters. The average molecular weight is 276 g/mol. The quantitative estimate of drug-likeness (QED) is 0.882. The van der Waals surface area contributed by atoms with Gasteiger partial charge in [-0.1, -0.05) is 29.8 Å². The van der Waals surface area contributed by atoms with Gasteiger partial charge in [0, 0.05) is 6.54 Å². The molecule has 0 saturated heterocycles. The third-order valence-electron chi connectivity index (χ3n) is 3.07. The number of aryl methyl sites for hydroxylation is 2.